The van der Waals surface area contributed by atoms with Crippen LogP contribution >= 0.6 is 0 Å². The monoisotopic (exact) mass is 383 g/mol. The highest BCUT2D eigenvalue weighted by molar-refractivity contribution is 6.05. The fourth-order valence-electron chi connectivity index (χ4n) is 3.88. The van der Waals surface area contributed by atoms with Gasteiger partial charge in [0.2, 0.25) is 0 Å². The summed E-state index contributed by atoms with van der Waals surface area (Å²) in [5, 5.41) is 4.53. The topological polar surface area (TPSA) is 73.9 Å². The summed E-state index contributed by atoms with van der Waals surface area (Å²) in [7, 11) is 0. The van der Waals surface area contributed by atoms with Crippen molar-refractivity contribution in [2.45, 2.75) is 12.8 Å². The number of amides is 1. The molecule has 5 rings (SSSR count). The highest BCUT2D eigenvalue weighted by Crippen LogP contribution is 2.28. The summed E-state index contributed by atoms with van der Waals surface area (Å²) in [5.41, 5.74) is 4.95. The van der Waals surface area contributed by atoms with Crippen LogP contribution in [-0.2, 0) is 12.8 Å². The van der Waals surface area contributed by atoms with Crippen LogP contribution in [0.5, 0.6) is 0 Å². The number of H-pyrrole nitrogens is 1. The molecule has 0 spiro atoms. The smallest absolute Gasteiger partial charge is 0.278 e. The molecule has 2 N–H and O–H groups in total. The zero-order valence-corrected chi connectivity index (χ0v) is 15.9. The Morgan fingerprint density at radius 2 is 1.93 bits per heavy atom. The summed E-state index contributed by atoms with van der Waals surface area (Å²) in [6.45, 7) is 1.42. The number of para-hydroxylation sites is 2. The third kappa shape index (κ3) is 3.33. The molecule has 6 nitrogen and oxygen atoms in total. The average molecular weight is 383 g/mol. The molecule has 0 saturated carbocycles. The van der Waals surface area contributed by atoms with E-state index in [1.54, 1.807) is 17.3 Å². The van der Waals surface area contributed by atoms with Gasteiger partial charge in [0.1, 0.15) is 11.5 Å². The van der Waals surface area contributed by atoms with Crippen molar-refractivity contribution in [3.63, 3.8) is 0 Å². The Morgan fingerprint density at radius 1 is 1.07 bits per heavy atom. The minimum Gasteiger partial charge on any atom is -0.368 e. The van der Waals surface area contributed by atoms with Gasteiger partial charge in [0.15, 0.2) is 0 Å². The second-order valence-corrected chi connectivity index (χ2v) is 7.16. The van der Waals surface area contributed by atoms with E-state index in [4.69, 9.17) is 0 Å². The van der Waals surface area contributed by atoms with E-state index in [1.165, 1.54) is 16.5 Å². The van der Waals surface area contributed by atoms with Crippen LogP contribution in [0, 0.1) is 0 Å². The quantitative estimate of drug-likeness (QED) is 0.550. The van der Waals surface area contributed by atoms with E-state index in [0.717, 1.165) is 30.6 Å². The van der Waals surface area contributed by atoms with E-state index >= 15 is 0 Å². The molecule has 0 bridgehead atoms. The molecular weight excluding hydrogens is 362 g/mol. The van der Waals surface area contributed by atoms with Gasteiger partial charge in [0, 0.05) is 35.9 Å². The lowest BCUT2D eigenvalue weighted by Crippen LogP contribution is -2.29. The number of carbonyl (C=O) groups excluding carboxylic acids is 1. The van der Waals surface area contributed by atoms with E-state index in [-0.39, 0.29) is 5.91 Å². The molecule has 4 aromatic rings. The molecule has 1 aliphatic heterocycles. The lowest BCUT2D eigenvalue weighted by molar-refractivity contribution is 0.0984. The maximum atomic E-state index is 12.8. The van der Waals surface area contributed by atoms with Crippen LogP contribution < -0.4 is 10.2 Å². The van der Waals surface area contributed by atoms with Gasteiger partial charge in [-0.2, -0.15) is 0 Å². The van der Waals surface area contributed by atoms with Crippen molar-refractivity contribution in [2.75, 3.05) is 23.3 Å². The molecule has 0 fully saturated rings. The Morgan fingerprint density at radius 3 is 2.83 bits per heavy atom. The maximum absolute atomic E-state index is 12.8. The van der Waals surface area contributed by atoms with Crippen molar-refractivity contribution < 1.29 is 4.79 Å². The summed E-state index contributed by atoms with van der Waals surface area (Å²) in [5.74, 6) is 0.566. The van der Waals surface area contributed by atoms with E-state index in [0.29, 0.717) is 18.1 Å². The second kappa shape index (κ2) is 7.39. The first-order valence-electron chi connectivity index (χ1n) is 9.80. The first-order valence-corrected chi connectivity index (χ1v) is 9.80. The number of anilines is 2. The number of hydrogen-bond acceptors (Lipinski definition) is 4. The lowest BCUT2D eigenvalue weighted by Gasteiger charge is -2.16. The number of aromatic nitrogens is 3. The Hall–Kier alpha value is -3.67. The van der Waals surface area contributed by atoms with Gasteiger partial charge in [-0.25, -0.2) is 9.97 Å². The first-order chi connectivity index (χ1) is 14.3. The molecule has 29 heavy (non-hydrogen) atoms. The van der Waals surface area contributed by atoms with Crippen LogP contribution in [0.15, 0.2) is 67.1 Å². The SMILES string of the molecule is O=C(c1cnc(NCCc2c[nH]c3ccccc23)cn1)N1CCc2ccccc21. The van der Waals surface area contributed by atoms with Gasteiger partial charge < -0.3 is 15.2 Å². The Kier molecular flexibility index (Phi) is 4.44. The maximum Gasteiger partial charge on any atom is 0.278 e. The third-order valence-electron chi connectivity index (χ3n) is 5.38. The number of hydrogen-bond donors (Lipinski definition) is 2. The van der Waals surface area contributed by atoms with Crippen LogP contribution in [0.25, 0.3) is 10.9 Å². The van der Waals surface area contributed by atoms with Crippen molar-refractivity contribution in [3.8, 4) is 0 Å². The number of nitrogens with zero attached hydrogens (tertiary/aromatic N) is 3. The Labute approximate surface area is 168 Å². The molecule has 2 aromatic carbocycles. The van der Waals surface area contributed by atoms with Crippen molar-refractivity contribution in [3.05, 3.63) is 83.9 Å². The molecule has 1 aliphatic rings. The van der Waals surface area contributed by atoms with Crippen molar-refractivity contribution >= 4 is 28.3 Å². The number of nitrogens with one attached hydrogen (secondary N) is 2. The van der Waals surface area contributed by atoms with E-state index < -0.39 is 0 Å². The standard InChI is InChI=1S/C23H21N5O/c29-23(28-12-10-16-5-1-4-8-21(16)28)20-14-27-22(15-26-20)24-11-9-17-13-25-19-7-3-2-6-18(17)19/h1-8,13-15,25H,9-12H2,(H,24,27). The molecule has 2 aromatic heterocycles. The van der Waals surface area contributed by atoms with Gasteiger partial charge in [0.05, 0.1) is 12.4 Å². The van der Waals surface area contributed by atoms with Gasteiger partial charge >= 0.3 is 0 Å². The molecule has 0 aliphatic carbocycles. The Bertz CT molecular complexity index is 1170. The fraction of sp³-hybridized carbons (Fsp3) is 0.174. The van der Waals surface area contributed by atoms with Gasteiger partial charge in [-0.15, -0.1) is 0 Å². The largest absolute Gasteiger partial charge is 0.368 e. The fourth-order valence-corrected chi connectivity index (χ4v) is 3.88. The molecular formula is C23H21N5O. The highest BCUT2D eigenvalue weighted by atomic mass is 16.2. The number of fused-ring (bicyclic) bond motifs is 2. The minimum atomic E-state index is -0.104. The van der Waals surface area contributed by atoms with E-state index in [1.807, 2.05) is 36.5 Å². The summed E-state index contributed by atoms with van der Waals surface area (Å²) in [6.07, 6.45) is 6.98. The minimum absolute atomic E-state index is 0.104. The van der Waals surface area contributed by atoms with Crippen LogP contribution in [-0.4, -0.2) is 33.9 Å². The van der Waals surface area contributed by atoms with Crippen molar-refractivity contribution in [1.29, 1.82) is 0 Å². The molecule has 0 unspecified atom stereocenters. The first kappa shape index (κ1) is 17.4. The molecule has 144 valence electrons. The van der Waals surface area contributed by atoms with E-state index in [2.05, 4.69) is 38.5 Å². The van der Waals surface area contributed by atoms with Crippen LogP contribution in [0.2, 0.25) is 0 Å². The van der Waals surface area contributed by atoms with Gasteiger partial charge in [-0.3, -0.25) is 4.79 Å². The van der Waals surface area contributed by atoms with Crippen molar-refractivity contribution in [1.82, 2.24) is 15.0 Å². The van der Waals surface area contributed by atoms with Gasteiger partial charge in [0.25, 0.3) is 5.91 Å². The zero-order valence-electron chi connectivity index (χ0n) is 15.9. The Balaban J connectivity index is 1.22. The third-order valence-corrected chi connectivity index (χ3v) is 5.38. The summed E-state index contributed by atoms with van der Waals surface area (Å²) >= 11 is 0. The molecule has 1 amide bonds. The number of benzene rings is 2. The van der Waals surface area contributed by atoms with Crippen LogP contribution in [0.3, 0.4) is 0 Å². The lowest BCUT2D eigenvalue weighted by atomic mass is 10.1. The van der Waals surface area contributed by atoms with Gasteiger partial charge in [-0.1, -0.05) is 36.4 Å². The summed E-state index contributed by atoms with van der Waals surface area (Å²) in [6, 6.07) is 16.3. The predicted octanol–water partition coefficient (Wildman–Crippen LogP) is 3.82. The molecule has 6 heteroatoms. The zero-order chi connectivity index (χ0) is 19.6. The molecule has 3 heterocycles. The highest BCUT2D eigenvalue weighted by Gasteiger charge is 2.26. The average Bonchev–Trinajstić information content (AvgIpc) is 3.38. The van der Waals surface area contributed by atoms with Crippen LogP contribution in [0.4, 0.5) is 11.5 Å². The van der Waals surface area contributed by atoms with E-state index in [9.17, 15) is 4.79 Å². The number of rotatable bonds is 5. The number of carbonyl (C=O) groups is 1. The molecule has 0 saturated heterocycles. The summed E-state index contributed by atoms with van der Waals surface area (Å²) < 4.78 is 0. The number of aromatic amines is 1. The van der Waals surface area contributed by atoms with Crippen molar-refractivity contribution in [2.24, 2.45) is 0 Å². The van der Waals surface area contributed by atoms with Gasteiger partial charge in [-0.05, 0) is 36.1 Å². The molecule has 0 radical (unpaired) electrons. The van der Waals surface area contributed by atoms with Crippen LogP contribution in [0.1, 0.15) is 21.6 Å². The molecule has 0 atom stereocenters. The predicted molar refractivity (Wildman–Crippen MR) is 114 cm³/mol. The normalized spacial score (nSPS) is 12.9. The second-order valence-electron chi connectivity index (χ2n) is 7.16. The summed E-state index contributed by atoms with van der Waals surface area (Å²) in [4.78, 5) is 26.6.